The Morgan fingerprint density at radius 1 is 1.13 bits per heavy atom. The summed E-state index contributed by atoms with van der Waals surface area (Å²) in [5.41, 5.74) is 4.09. The van der Waals surface area contributed by atoms with E-state index in [4.69, 9.17) is 21.3 Å². The lowest BCUT2D eigenvalue weighted by Gasteiger charge is -2.20. The standard InChI is InChI=1S/C28H29BrClN5O3/c1-17(2)38-25-11-10-20(14-23(25)30)27(36)33-21(15-32-28(37)31-3)13-18-6-8-19(9-7-18)24-16-35-12-4-5-22(29)26(35)34-24/h4-12,14,16-17,21H,13,15H2,1-3H3,(H,33,36)(H2,31,32,37)/t21-/m0/s1. The largest absolute Gasteiger partial charge is 0.489 e. The number of aromatic nitrogens is 2. The fourth-order valence-electron chi connectivity index (χ4n) is 3.95. The third-order valence-corrected chi connectivity index (χ3v) is 6.71. The molecule has 4 aromatic rings. The highest BCUT2D eigenvalue weighted by Gasteiger charge is 2.17. The summed E-state index contributed by atoms with van der Waals surface area (Å²) in [7, 11) is 1.54. The van der Waals surface area contributed by atoms with Crippen molar-refractivity contribution in [2.24, 2.45) is 0 Å². The summed E-state index contributed by atoms with van der Waals surface area (Å²) in [6.07, 6.45) is 4.41. The van der Waals surface area contributed by atoms with Gasteiger partial charge in [0.25, 0.3) is 5.91 Å². The Morgan fingerprint density at radius 3 is 2.55 bits per heavy atom. The van der Waals surface area contributed by atoms with E-state index in [0.29, 0.717) is 22.8 Å². The van der Waals surface area contributed by atoms with E-state index < -0.39 is 0 Å². The van der Waals surface area contributed by atoms with Crippen molar-refractivity contribution in [2.75, 3.05) is 13.6 Å². The molecule has 2 aromatic carbocycles. The highest BCUT2D eigenvalue weighted by molar-refractivity contribution is 9.10. The number of urea groups is 1. The van der Waals surface area contributed by atoms with Crippen LogP contribution in [0.1, 0.15) is 29.8 Å². The van der Waals surface area contributed by atoms with Crippen LogP contribution in [0.2, 0.25) is 5.02 Å². The molecular weight excluding hydrogens is 570 g/mol. The molecule has 3 amide bonds. The Labute approximate surface area is 234 Å². The van der Waals surface area contributed by atoms with Gasteiger partial charge in [-0.25, -0.2) is 9.78 Å². The normalized spacial score (nSPS) is 11.8. The number of carbonyl (C=O) groups excluding carboxylic acids is 2. The number of hydrogen-bond acceptors (Lipinski definition) is 4. The first-order valence-electron chi connectivity index (χ1n) is 12.2. The zero-order valence-corrected chi connectivity index (χ0v) is 23.6. The summed E-state index contributed by atoms with van der Waals surface area (Å²) in [4.78, 5) is 29.6. The molecule has 0 saturated heterocycles. The van der Waals surface area contributed by atoms with Crippen molar-refractivity contribution < 1.29 is 14.3 Å². The predicted octanol–water partition coefficient (Wildman–Crippen LogP) is 5.47. The number of pyridine rings is 1. The average Bonchev–Trinajstić information content (AvgIpc) is 3.34. The number of benzene rings is 2. The van der Waals surface area contributed by atoms with Gasteiger partial charge in [0.05, 0.1) is 27.3 Å². The molecule has 0 spiro atoms. The molecule has 0 saturated carbocycles. The lowest BCUT2D eigenvalue weighted by Crippen LogP contribution is -2.46. The van der Waals surface area contributed by atoms with E-state index in [9.17, 15) is 9.59 Å². The Hall–Kier alpha value is -3.56. The van der Waals surface area contributed by atoms with Crippen LogP contribution in [0.4, 0.5) is 4.79 Å². The molecule has 38 heavy (non-hydrogen) atoms. The topological polar surface area (TPSA) is 96.8 Å². The molecule has 0 aliphatic heterocycles. The van der Waals surface area contributed by atoms with E-state index in [2.05, 4.69) is 31.9 Å². The summed E-state index contributed by atoms with van der Waals surface area (Å²) in [5, 5.41) is 8.69. The van der Waals surface area contributed by atoms with Gasteiger partial charge in [0.1, 0.15) is 5.75 Å². The summed E-state index contributed by atoms with van der Waals surface area (Å²) >= 11 is 9.86. The molecule has 2 aromatic heterocycles. The molecule has 0 fully saturated rings. The fraction of sp³-hybridized carbons (Fsp3) is 0.250. The van der Waals surface area contributed by atoms with Gasteiger partial charge in [0.2, 0.25) is 0 Å². The van der Waals surface area contributed by atoms with E-state index >= 15 is 0 Å². The molecule has 10 heteroatoms. The van der Waals surface area contributed by atoms with E-state index in [-0.39, 0.29) is 30.6 Å². The number of ether oxygens (including phenoxy) is 1. The second-order valence-corrected chi connectivity index (χ2v) is 10.3. The van der Waals surface area contributed by atoms with Crippen LogP contribution < -0.4 is 20.7 Å². The minimum atomic E-state index is -0.359. The molecular formula is C28H29BrClN5O3. The van der Waals surface area contributed by atoms with Crippen molar-refractivity contribution in [3.63, 3.8) is 0 Å². The van der Waals surface area contributed by atoms with Gasteiger partial charge in [-0.1, -0.05) is 35.9 Å². The molecule has 2 heterocycles. The van der Waals surface area contributed by atoms with E-state index in [1.54, 1.807) is 25.2 Å². The zero-order chi connectivity index (χ0) is 27.2. The number of imidazole rings is 1. The van der Waals surface area contributed by atoms with Crippen LogP contribution in [-0.4, -0.2) is 47.1 Å². The van der Waals surface area contributed by atoms with Crippen molar-refractivity contribution in [2.45, 2.75) is 32.4 Å². The van der Waals surface area contributed by atoms with Crippen LogP contribution in [0, 0.1) is 0 Å². The van der Waals surface area contributed by atoms with Crippen molar-refractivity contribution >= 4 is 45.1 Å². The van der Waals surface area contributed by atoms with Gasteiger partial charge in [0, 0.05) is 37.1 Å². The van der Waals surface area contributed by atoms with E-state index in [1.807, 2.05) is 67.0 Å². The third-order valence-electron chi connectivity index (χ3n) is 5.79. The number of carbonyl (C=O) groups is 2. The monoisotopic (exact) mass is 597 g/mol. The molecule has 0 bridgehead atoms. The first kappa shape index (κ1) is 27.5. The number of halogens is 2. The molecule has 0 radical (unpaired) electrons. The summed E-state index contributed by atoms with van der Waals surface area (Å²) in [5.74, 6) is 0.229. The highest BCUT2D eigenvalue weighted by atomic mass is 79.9. The van der Waals surface area contributed by atoms with Gasteiger partial charge in [-0.2, -0.15) is 0 Å². The average molecular weight is 599 g/mol. The van der Waals surface area contributed by atoms with Crippen molar-refractivity contribution in [3.8, 4) is 17.0 Å². The summed E-state index contributed by atoms with van der Waals surface area (Å²) in [6, 6.07) is 16.2. The Bertz CT molecular complexity index is 1440. The first-order valence-corrected chi connectivity index (χ1v) is 13.4. The van der Waals surface area contributed by atoms with Gasteiger partial charge in [-0.3, -0.25) is 4.79 Å². The predicted molar refractivity (Wildman–Crippen MR) is 153 cm³/mol. The van der Waals surface area contributed by atoms with Crippen LogP contribution in [0.3, 0.4) is 0 Å². The van der Waals surface area contributed by atoms with Gasteiger partial charge in [-0.05, 0) is 72.1 Å². The number of rotatable bonds is 9. The smallest absolute Gasteiger partial charge is 0.314 e. The van der Waals surface area contributed by atoms with Gasteiger partial charge in [0.15, 0.2) is 5.65 Å². The van der Waals surface area contributed by atoms with Gasteiger partial charge >= 0.3 is 6.03 Å². The highest BCUT2D eigenvalue weighted by Crippen LogP contribution is 2.27. The zero-order valence-electron chi connectivity index (χ0n) is 21.3. The van der Waals surface area contributed by atoms with Crippen molar-refractivity contribution in [1.82, 2.24) is 25.3 Å². The molecule has 8 nitrogen and oxygen atoms in total. The fourth-order valence-corrected chi connectivity index (χ4v) is 4.62. The molecule has 4 rings (SSSR count). The van der Waals surface area contributed by atoms with Crippen LogP contribution in [0.15, 0.2) is 71.5 Å². The van der Waals surface area contributed by atoms with Crippen LogP contribution in [-0.2, 0) is 6.42 Å². The number of hydrogen-bond donors (Lipinski definition) is 3. The second kappa shape index (κ2) is 12.3. The molecule has 198 valence electrons. The minimum absolute atomic E-state index is 0.0340. The SMILES string of the molecule is CNC(=O)NC[C@H](Cc1ccc(-c2cn3cccc(Br)c3n2)cc1)NC(=O)c1ccc(OC(C)C)c(Cl)c1. The molecule has 0 aliphatic rings. The maximum Gasteiger partial charge on any atom is 0.314 e. The quantitative estimate of drug-likeness (QED) is 0.238. The molecule has 0 unspecified atom stereocenters. The lowest BCUT2D eigenvalue weighted by atomic mass is 10.0. The second-order valence-electron chi connectivity index (χ2n) is 9.06. The third kappa shape index (κ3) is 6.85. The Morgan fingerprint density at radius 2 is 1.89 bits per heavy atom. The molecule has 0 aliphatic carbocycles. The van der Waals surface area contributed by atoms with Crippen LogP contribution in [0.5, 0.6) is 5.75 Å². The number of amides is 3. The minimum Gasteiger partial charge on any atom is -0.489 e. The number of nitrogens with zero attached hydrogens (tertiary/aromatic N) is 2. The maximum absolute atomic E-state index is 13.0. The van der Waals surface area contributed by atoms with Crippen LogP contribution in [0.25, 0.3) is 16.9 Å². The Kier molecular flexibility index (Phi) is 8.91. The summed E-state index contributed by atoms with van der Waals surface area (Å²) in [6.45, 7) is 4.06. The molecule has 3 N–H and O–H groups in total. The van der Waals surface area contributed by atoms with Gasteiger partial charge in [-0.15, -0.1) is 0 Å². The van der Waals surface area contributed by atoms with Gasteiger partial charge < -0.3 is 25.1 Å². The first-order chi connectivity index (χ1) is 18.2. The molecule has 1 atom stereocenters. The summed E-state index contributed by atoms with van der Waals surface area (Å²) < 4.78 is 8.55. The van der Waals surface area contributed by atoms with Crippen molar-refractivity contribution in [1.29, 1.82) is 0 Å². The Balaban J connectivity index is 1.48. The number of nitrogens with one attached hydrogen (secondary N) is 3. The maximum atomic E-state index is 13.0. The van der Waals surface area contributed by atoms with E-state index in [1.165, 1.54) is 0 Å². The van der Waals surface area contributed by atoms with Crippen LogP contribution >= 0.6 is 27.5 Å². The number of fused-ring (bicyclic) bond motifs is 1. The van der Waals surface area contributed by atoms with E-state index in [0.717, 1.165) is 26.9 Å². The van der Waals surface area contributed by atoms with Crippen molar-refractivity contribution in [3.05, 3.63) is 87.6 Å². The lowest BCUT2D eigenvalue weighted by molar-refractivity contribution is 0.0936.